The van der Waals surface area contributed by atoms with Crippen molar-refractivity contribution >= 4 is 17.1 Å². The number of amides is 1. The number of nitrogens with zero attached hydrogens (tertiary/aromatic N) is 4. The van der Waals surface area contributed by atoms with Gasteiger partial charge in [0.05, 0.1) is 20.0 Å². The molecule has 4 aromatic rings. The van der Waals surface area contributed by atoms with Crippen molar-refractivity contribution < 1.29 is 9.53 Å². The number of methoxy groups -OCH3 is 1. The van der Waals surface area contributed by atoms with Gasteiger partial charge in [0, 0.05) is 13.1 Å². The highest BCUT2D eigenvalue weighted by atomic mass is 16.5. The number of hydrogen-bond acceptors (Lipinski definition) is 5. The molecular formula is C27H31N5O4. The molecule has 0 aliphatic carbocycles. The van der Waals surface area contributed by atoms with Crippen LogP contribution in [0.3, 0.4) is 0 Å². The number of carbonyl (C=O) groups is 1. The van der Waals surface area contributed by atoms with Gasteiger partial charge in [-0.15, -0.1) is 0 Å². The fourth-order valence-corrected chi connectivity index (χ4v) is 4.16. The zero-order valence-electron chi connectivity index (χ0n) is 20.8. The lowest BCUT2D eigenvalue weighted by atomic mass is 10.1. The summed E-state index contributed by atoms with van der Waals surface area (Å²) in [4.78, 5) is 44.0. The molecule has 0 fully saturated rings. The van der Waals surface area contributed by atoms with Gasteiger partial charge in [0.1, 0.15) is 12.3 Å². The summed E-state index contributed by atoms with van der Waals surface area (Å²) in [7, 11) is 1.61. The Balaban J connectivity index is 1.61. The van der Waals surface area contributed by atoms with Crippen LogP contribution >= 0.6 is 0 Å². The topological polar surface area (TPSA) is 100 Å². The highest BCUT2D eigenvalue weighted by Gasteiger charge is 2.20. The fraction of sp³-hybridized carbons (Fsp3) is 0.333. The lowest BCUT2D eigenvalue weighted by molar-refractivity contribution is -0.121. The molecule has 9 nitrogen and oxygen atoms in total. The summed E-state index contributed by atoms with van der Waals surface area (Å²) >= 11 is 0. The van der Waals surface area contributed by atoms with E-state index in [-0.39, 0.29) is 19.0 Å². The van der Waals surface area contributed by atoms with E-state index < -0.39 is 17.2 Å². The lowest BCUT2D eigenvalue weighted by Gasteiger charge is -2.13. The first kappa shape index (κ1) is 25.0. The van der Waals surface area contributed by atoms with Crippen LogP contribution in [-0.4, -0.2) is 38.2 Å². The normalized spacial score (nSPS) is 11.2. The van der Waals surface area contributed by atoms with E-state index in [2.05, 4.69) is 10.3 Å². The average Bonchev–Trinajstić information content (AvgIpc) is 3.28. The lowest BCUT2D eigenvalue weighted by Crippen LogP contribution is -2.44. The summed E-state index contributed by atoms with van der Waals surface area (Å²) in [5.74, 6) is 0.635. The van der Waals surface area contributed by atoms with Gasteiger partial charge >= 0.3 is 5.69 Å². The summed E-state index contributed by atoms with van der Waals surface area (Å²) in [6, 6.07) is 17.1. The highest BCUT2D eigenvalue weighted by Crippen LogP contribution is 2.12. The number of imidazole rings is 1. The van der Waals surface area contributed by atoms with E-state index in [0.717, 1.165) is 21.4 Å². The number of rotatable bonds is 10. The van der Waals surface area contributed by atoms with Crippen molar-refractivity contribution in [3.63, 3.8) is 0 Å². The maximum absolute atomic E-state index is 13.4. The Labute approximate surface area is 209 Å². The fourth-order valence-electron chi connectivity index (χ4n) is 4.16. The third-order valence-corrected chi connectivity index (χ3v) is 5.93. The number of fused-ring (bicyclic) bond motifs is 1. The first-order chi connectivity index (χ1) is 17.4. The molecule has 0 spiro atoms. The van der Waals surface area contributed by atoms with Crippen LogP contribution in [0.5, 0.6) is 5.75 Å². The Morgan fingerprint density at radius 3 is 2.39 bits per heavy atom. The maximum Gasteiger partial charge on any atom is 0.333 e. The second-order valence-corrected chi connectivity index (χ2v) is 9.16. The van der Waals surface area contributed by atoms with Gasteiger partial charge in [0.2, 0.25) is 5.91 Å². The summed E-state index contributed by atoms with van der Waals surface area (Å²) in [6.07, 6.45) is 2.20. The molecule has 0 bridgehead atoms. The van der Waals surface area contributed by atoms with Gasteiger partial charge in [-0.25, -0.2) is 14.3 Å². The van der Waals surface area contributed by atoms with Crippen LogP contribution in [-0.2, 0) is 30.8 Å². The molecule has 0 radical (unpaired) electrons. The average molecular weight is 490 g/mol. The van der Waals surface area contributed by atoms with E-state index in [9.17, 15) is 14.4 Å². The van der Waals surface area contributed by atoms with E-state index in [1.54, 1.807) is 18.0 Å². The van der Waals surface area contributed by atoms with Crippen LogP contribution in [0.15, 0.2) is 70.5 Å². The zero-order valence-corrected chi connectivity index (χ0v) is 20.8. The molecule has 1 amide bonds. The van der Waals surface area contributed by atoms with E-state index in [4.69, 9.17) is 4.74 Å². The molecule has 9 heteroatoms. The largest absolute Gasteiger partial charge is 0.497 e. The van der Waals surface area contributed by atoms with Gasteiger partial charge in [-0.1, -0.05) is 56.3 Å². The molecule has 36 heavy (non-hydrogen) atoms. The minimum atomic E-state index is -0.559. The van der Waals surface area contributed by atoms with Crippen molar-refractivity contribution in [3.05, 3.63) is 92.9 Å². The van der Waals surface area contributed by atoms with Crippen molar-refractivity contribution in [1.29, 1.82) is 0 Å². The first-order valence-corrected chi connectivity index (χ1v) is 12.0. The quantitative estimate of drug-likeness (QED) is 0.369. The van der Waals surface area contributed by atoms with E-state index in [1.807, 2.05) is 68.4 Å². The summed E-state index contributed by atoms with van der Waals surface area (Å²) < 4.78 is 9.40. The predicted octanol–water partition coefficient (Wildman–Crippen LogP) is 2.43. The Morgan fingerprint density at radius 1 is 1.00 bits per heavy atom. The molecule has 1 N–H and O–H groups in total. The summed E-state index contributed by atoms with van der Waals surface area (Å²) in [6.45, 7) is 4.92. The molecule has 2 aromatic carbocycles. The van der Waals surface area contributed by atoms with Gasteiger partial charge in [-0.2, -0.15) is 0 Å². The number of nitrogens with one attached hydrogen (secondary N) is 1. The predicted molar refractivity (Wildman–Crippen MR) is 138 cm³/mol. The van der Waals surface area contributed by atoms with Crippen LogP contribution in [0.25, 0.3) is 11.2 Å². The molecule has 2 aromatic heterocycles. The van der Waals surface area contributed by atoms with Crippen molar-refractivity contribution in [2.24, 2.45) is 5.92 Å². The molecule has 0 unspecified atom stereocenters. The SMILES string of the molecule is COc1ccc(CCNC(=O)Cn2c(=O)c3c(ncn3CC(C)C)n(Cc3ccccc3)c2=O)cc1. The standard InChI is InChI=1S/C27H31N5O4/c1-19(2)15-30-18-29-25-24(30)26(34)32(27(35)31(25)16-21-7-5-4-6-8-21)17-23(33)28-14-13-20-9-11-22(36-3)12-10-20/h4-12,18-19H,13-17H2,1-3H3,(H,28,33). The minimum Gasteiger partial charge on any atom is -0.497 e. The minimum absolute atomic E-state index is 0.244. The molecule has 188 valence electrons. The van der Waals surface area contributed by atoms with Crippen LogP contribution in [0.2, 0.25) is 0 Å². The maximum atomic E-state index is 13.4. The van der Waals surface area contributed by atoms with Crippen molar-refractivity contribution in [2.45, 2.75) is 39.9 Å². The molecule has 0 saturated carbocycles. The second kappa shape index (κ2) is 11.1. The third-order valence-electron chi connectivity index (χ3n) is 5.93. The number of ether oxygens (including phenoxy) is 1. The third kappa shape index (κ3) is 5.56. The molecule has 2 heterocycles. The first-order valence-electron chi connectivity index (χ1n) is 12.0. The van der Waals surface area contributed by atoms with Crippen molar-refractivity contribution in [2.75, 3.05) is 13.7 Å². The van der Waals surface area contributed by atoms with Gasteiger partial charge in [0.25, 0.3) is 5.56 Å². The highest BCUT2D eigenvalue weighted by molar-refractivity contribution is 5.76. The monoisotopic (exact) mass is 489 g/mol. The Bertz CT molecular complexity index is 1450. The van der Waals surface area contributed by atoms with Crippen molar-refractivity contribution in [1.82, 2.24) is 24.0 Å². The molecule has 0 aliphatic rings. The van der Waals surface area contributed by atoms with E-state index in [0.29, 0.717) is 30.7 Å². The number of hydrogen-bond donors (Lipinski definition) is 1. The smallest absolute Gasteiger partial charge is 0.333 e. The van der Waals surface area contributed by atoms with Crippen molar-refractivity contribution in [3.8, 4) is 5.75 Å². The summed E-state index contributed by atoms with van der Waals surface area (Å²) in [5.41, 5.74) is 1.51. The van der Waals surface area contributed by atoms with Gasteiger partial charge in [0.15, 0.2) is 11.2 Å². The van der Waals surface area contributed by atoms with Gasteiger partial charge in [-0.05, 0) is 35.6 Å². The Kier molecular flexibility index (Phi) is 7.68. The van der Waals surface area contributed by atoms with Gasteiger partial charge in [-0.3, -0.25) is 14.2 Å². The second-order valence-electron chi connectivity index (χ2n) is 9.16. The van der Waals surface area contributed by atoms with Gasteiger partial charge < -0.3 is 14.6 Å². The molecular weight excluding hydrogens is 458 g/mol. The Hall–Kier alpha value is -4.14. The molecule has 0 aliphatic heterocycles. The van der Waals surface area contributed by atoms with E-state index in [1.165, 1.54) is 4.57 Å². The molecule has 0 saturated heterocycles. The summed E-state index contributed by atoms with van der Waals surface area (Å²) in [5, 5.41) is 2.82. The molecule has 0 atom stereocenters. The number of benzene rings is 2. The zero-order chi connectivity index (χ0) is 25.7. The van der Waals surface area contributed by atoms with Crippen LogP contribution in [0, 0.1) is 5.92 Å². The molecule has 4 rings (SSSR count). The van der Waals surface area contributed by atoms with E-state index >= 15 is 0 Å². The Morgan fingerprint density at radius 2 is 1.72 bits per heavy atom. The number of carbonyl (C=O) groups excluding carboxylic acids is 1. The van der Waals surface area contributed by atoms with Crippen LogP contribution in [0.4, 0.5) is 0 Å². The van der Waals surface area contributed by atoms with Crippen LogP contribution in [0.1, 0.15) is 25.0 Å². The number of aromatic nitrogens is 4. The van der Waals surface area contributed by atoms with Crippen LogP contribution < -0.4 is 21.3 Å².